The minimum Gasteiger partial charge on any atom is -0.506 e. The van der Waals surface area contributed by atoms with E-state index in [1.54, 1.807) is 7.05 Å². The van der Waals surface area contributed by atoms with Crippen LogP contribution in [0.5, 0.6) is 5.75 Å². The lowest BCUT2D eigenvalue weighted by atomic mass is 10.0. The highest BCUT2D eigenvalue weighted by atomic mass is 35.5. The summed E-state index contributed by atoms with van der Waals surface area (Å²) in [5, 5.41) is 37.1. The molecule has 2 aliphatic rings. The first-order valence-corrected chi connectivity index (χ1v) is 13.0. The number of hydrogen-bond donors (Lipinski definition) is 3. The van der Waals surface area contributed by atoms with Crippen molar-refractivity contribution < 1.29 is 29.4 Å². The quantitative estimate of drug-likeness (QED) is 0.0936. The molecule has 1 saturated heterocycles. The SMILES string of the molecule is C=CCO/N=C(\C(=O)NC1C(=O)N2C(C(=O)O)=C(CSc3nnnn3C)CS[C@H]12)c1ccc(O)c(Cl)c1. The van der Waals surface area contributed by atoms with E-state index in [1.807, 2.05) is 0 Å². The smallest absolute Gasteiger partial charge is 0.352 e. The molecular weight excluding hydrogens is 546 g/mol. The first-order chi connectivity index (χ1) is 17.7. The number of hydrogen-bond acceptors (Lipinski definition) is 11. The number of benzene rings is 1. The zero-order chi connectivity index (χ0) is 26.7. The number of rotatable bonds is 10. The van der Waals surface area contributed by atoms with Crippen LogP contribution in [0.4, 0.5) is 0 Å². The van der Waals surface area contributed by atoms with Gasteiger partial charge in [-0.1, -0.05) is 41.2 Å². The largest absolute Gasteiger partial charge is 0.506 e. The molecule has 13 nitrogen and oxygen atoms in total. The van der Waals surface area contributed by atoms with Gasteiger partial charge in [0.05, 0.1) is 5.02 Å². The monoisotopic (exact) mass is 565 g/mol. The highest BCUT2D eigenvalue weighted by molar-refractivity contribution is 8.01. The molecule has 1 fully saturated rings. The molecule has 2 aliphatic heterocycles. The average molecular weight is 566 g/mol. The highest BCUT2D eigenvalue weighted by Gasteiger charge is 2.54. The fourth-order valence-corrected chi connectivity index (χ4v) is 6.05. The van der Waals surface area contributed by atoms with E-state index >= 15 is 0 Å². The number of oxime groups is 1. The number of halogens is 1. The van der Waals surface area contributed by atoms with Crippen LogP contribution in [-0.4, -0.2) is 88.3 Å². The number of aliphatic carboxylic acids is 1. The molecule has 2 amide bonds. The molecule has 1 aromatic carbocycles. The number of carboxylic acid groups (broad SMARTS) is 1. The number of aromatic hydroxyl groups is 1. The van der Waals surface area contributed by atoms with Crippen molar-refractivity contribution in [3.63, 3.8) is 0 Å². The van der Waals surface area contributed by atoms with Crippen molar-refractivity contribution in [1.29, 1.82) is 0 Å². The van der Waals surface area contributed by atoms with Crippen LogP contribution in [0.1, 0.15) is 5.56 Å². The topological polar surface area (TPSA) is 172 Å². The Bertz CT molecular complexity index is 1330. The lowest BCUT2D eigenvalue weighted by Crippen LogP contribution is -2.71. The molecular formula is C21H20ClN7O6S2. The Balaban J connectivity index is 1.52. The van der Waals surface area contributed by atoms with E-state index in [4.69, 9.17) is 16.4 Å². The maximum Gasteiger partial charge on any atom is 0.352 e. The molecule has 4 rings (SSSR count). The number of thioether (sulfide) groups is 2. The minimum absolute atomic E-state index is 0.00538. The molecule has 1 aromatic heterocycles. The summed E-state index contributed by atoms with van der Waals surface area (Å²) in [6.07, 6.45) is 1.44. The molecule has 3 heterocycles. The van der Waals surface area contributed by atoms with Crippen molar-refractivity contribution in [1.82, 2.24) is 30.4 Å². The predicted octanol–water partition coefficient (Wildman–Crippen LogP) is 1.01. The molecule has 0 bridgehead atoms. The number of nitrogens with one attached hydrogen (secondary N) is 1. The van der Waals surface area contributed by atoms with E-state index < -0.39 is 29.2 Å². The van der Waals surface area contributed by atoms with Crippen molar-refractivity contribution in [2.24, 2.45) is 12.2 Å². The Labute approximate surface area is 223 Å². The Hall–Kier alpha value is -3.56. The minimum atomic E-state index is -1.24. The summed E-state index contributed by atoms with van der Waals surface area (Å²) >= 11 is 8.56. The van der Waals surface area contributed by atoms with E-state index in [9.17, 15) is 24.6 Å². The van der Waals surface area contributed by atoms with Crippen LogP contribution in [0.3, 0.4) is 0 Å². The number of aryl methyl sites for hydroxylation is 1. The summed E-state index contributed by atoms with van der Waals surface area (Å²) in [6.45, 7) is 3.54. The van der Waals surface area contributed by atoms with E-state index in [1.165, 1.54) is 57.4 Å². The van der Waals surface area contributed by atoms with E-state index in [2.05, 4.69) is 32.6 Å². The van der Waals surface area contributed by atoms with Gasteiger partial charge in [0, 0.05) is 24.1 Å². The van der Waals surface area contributed by atoms with Gasteiger partial charge in [-0.25, -0.2) is 9.48 Å². The average Bonchev–Trinajstić information content (AvgIpc) is 3.29. The number of β-lactam (4-membered cyclic amide) rings is 1. The van der Waals surface area contributed by atoms with Crippen LogP contribution in [0.25, 0.3) is 0 Å². The van der Waals surface area contributed by atoms with Crippen LogP contribution in [-0.2, 0) is 26.3 Å². The second-order valence-electron chi connectivity index (χ2n) is 7.68. The molecule has 194 valence electrons. The van der Waals surface area contributed by atoms with Gasteiger partial charge < -0.3 is 20.4 Å². The van der Waals surface area contributed by atoms with Crippen LogP contribution < -0.4 is 5.32 Å². The van der Waals surface area contributed by atoms with Crippen LogP contribution >= 0.6 is 35.1 Å². The second kappa shape index (κ2) is 11.2. The van der Waals surface area contributed by atoms with Gasteiger partial charge in [0.2, 0.25) is 5.16 Å². The first-order valence-electron chi connectivity index (χ1n) is 10.6. The number of aromatic nitrogens is 4. The van der Waals surface area contributed by atoms with Crippen LogP contribution in [0.15, 0.2) is 52.4 Å². The van der Waals surface area contributed by atoms with Gasteiger partial charge in [0.25, 0.3) is 11.8 Å². The summed E-state index contributed by atoms with van der Waals surface area (Å²) in [7, 11) is 1.67. The molecule has 0 aliphatic carbocycles. The standard InChI is InChI=1S/C21H20ClN7O6S2/c1-3-6-35-25-14(10-4-5-13(30)12(22)7-10)17(31)23-15-18(32)29-16(20(33)34)11(8-36-19(15)29)9-37-21-24-26-27-28(21)2/h3-5,7,15,19,30H,1,6,8-9H2,2H3,(H,23,31)(H,33,34)/b25-14-/t15?,19-/m1/s1. The molecule has 2 aromatic rings. The maximum atomic E-state index is 13.1. The van der Waals surface area contributed by atoms with Crippen molar-refractivity contribution in [3.05, 3.63) is 52.7 Å². The third-order valence-electron chi connectivity index (χ3n) is 5.28. The number of fused-ring (bicyclic) bond motifs is 1. The van der Waals surface area contributed by atoms with Gasteiger partial charge in [0.1, 0.15) is 29.5 Å². The van der Waals surface area contributed by atoms with Gasteiger partial charge in [-0.15, -0.1) is 16.9 Å². The molecule has 37 heavy (non-hydrogen) atoms. The predicted molar refractivity (Wildman–Crippen MR) is 135 cm³/mol. The molecule has 16 heteroatoms. The maximum absolute atomic E-state index is 13.1. The molecule has 0 spiro atoms. The van der Waals surface area contributed by atoms with E-state index in [-0.39, 0.29) is 40.1 Å². The number of amides is 2. The van der Waals surface area contributed by atoms with E-state index in [0.717, 1.165) is 0 Å². The van der Waals surface area contributed by atoms with Crippen molar-refractivity contribution >= 4 is 58.6 Å². The van der Waals surface area contributed by atoms with Crippen LogP contribution in [0.2, 0.25) is 5.02 Å². The van der Waals surface area contributed by atoms with Gasteiger partial charge in [0.15, 0.2) is 5.71 Å². The Morgan fingerprint density at radius 1 is 1.46 bits per heavy atom. The fourth-order valence-electron chi connectivity index (χ4n) is 3.53. The van der Waals surface area contributed by atoms with Gasteiger partial charge in [-0.2, -0.15) is 0 Å². The van der Waals surface area contributed by atoms with Crippen LogP contribution in [0, 0.1) is 0 Å². The Morgan fingerprint density at radius 2 is 2.24 bits per heavy atom. The molecule has 1 unspecified atom stereocenters. The van der Waals surface area contributed by atoms with Gasteiger partial charge >= 0.3 is 5.97 Å². The van der Waals surface area contributed by atoms with Crippen molar-refractivity contribution in [2.75, 3.05) is 18.1 Å². The lowest BCUT2D eigenvalue weighted by Gasteiger charge is -2.49. The molecule has 3 N–H and O–H groups in total. The van der Waals surface area contributed by atoms with Gasteiger partial charge in [-0.3, -0.25) is 14.5 Å². The Kier molecular flexibility index (Phi) is 8.04. The number of carbonyl (C=O) groups excluding carboxylic acids is 2. The van der Waals surface area contributed by atoms with E-state index in [0.29, 0.717) is 16.5 Å². The Morgan fingerprint density at radius 3 is 2.89 bits per heavy atom. The number of phenolic OH excluding ortho intramolecular Hbond substituents is 1. The summed E-state index contributed by atoms with van der Waals surface area (Å²) < 4.78 is 1.46. The van der Waals surface area contributed by atoms with Crippen molar-refractivity contribution in [2.45, 2.75) is 16.6 Å². The number of carboxylic acids is 1. The number of phenols is 1. The second-order valence-corrected chi connectivity index (χ2v) is 10.1. The molecule has 2 atom stereocenters. The third-order valence-corrected chi connectivity index (χ3v) is 8.02. The number of carbonyl (C=O) groups is 3. The van der Waals surface area contributed by atoms with Gasteiger partial charge in [-0.05, 0) is 34.2 Å². The fraction of sp³-hybridized carbons (Fsp3) is 0.286. The number of tetrazole rings is 1. The highest BCUT2D eigenvalue weighted by Crippen LogP contribution is 2.41. The van der Waals surface area contributed by atoms with Crippen molar-refractivity contribution in [3.8, 4) is 5.75 Å². The third kappa shape index (κ3) is 5.42. The zero-order valence-electron chi connectivity index (χ0n) is 19.2. The zero-order valence-corrected chi connectivity index (χ0v) is 21.6. The summed E-state index contributed by atoms with van der Waals surface area (Å²) in [4.78, 5) is 44.5. The molecule has 0 radical (unpaired) electrons. The summed E-state index contributed by atoms with van der Waals surface area (Å²) in [5.74, 6) is -2.12. The molecule has 0 saturated carbocycles. The first kappa shape index (κ1) is 26.5. The summed E-state index contributed by atoms with van der Waals surface area (Å²) in [6, 6.07) is 3.06. The number of nitrogens with zero attached hydrogens (tertiary/aromatic N) is 6. The lowest BCUT2D eigenvalue weighted by molar-refractivity contribution is -0.150. The normalized spacial score (nSPS) is 19.2. The summed E-state index contributed by atoms with van der Waals surface area (Å²) in [5.41, 5.74) is 0.487.